The predicted octanol–water partition coefficient (Wildman–Crippen LogP) is 0.309. The summed E-state index contributed by atoms with van der Waals surface area (Å²) in [4.78, 5) is 95.5. The molecule has 0 saturated carbocycles. The Morgan fingerprint density at radius 1 is 0.833 bits per heavy atom. The van der Waals surface area contributed by atoms with Crippen molar-refractivity contribution in [1.29, 1.82) is 5.26 Å². The Morgan fingerprint density at radius 2 is 1.47 bits per heavy atom. The van der Waals surface area contributed by atoms with Gasteiger partial charge in [0, 0.05) is 44.1 Å². The van der Waals surface area contributed by atoms with Gasteiger partial charge in [0.15, 0.2) is 0 Å². The Labute approximate surface area is 387 Å². The molecule has 1 aliphatic heterocycles. The normalized spacial score (nSPS) is 16.7. The third-order valence-electron chi connectivity index (χ3n) is 10.8. The number of fused-ring (bicyclic) bond motifs is 5. The van der Waals surface area contributed by atoms with Crippen LogP contribution >= 0.6 is 0 Å². The topological polar surface area (TPSA) is 315 Å². The van der Waals surface area contributed by atoms with Gasteiger partial charge < -0.3 is 63.5 Å². The zero-order chi connectivity index (χ0) is 48.6. The molecule has 2 aromatic rings. The highest BCUT2D eigenvalue weighted by Gasteiger charge is 2.36. The first-order chi connectivity index (χ1) is 31.7. The zero-order valence-corrected chi connectivity index (χ0v) is 38.7. The van der Waals surface area contributed by atoms with Crippen molar-refractivity contribution in [1.82, 2.24) is 36.8 Å². The van der Waals surface area contributed by atoms with E-state index in [0.717, 1.165) is 30.6 Å². The Bertz CT molecular complexity index is 2010. The lowest BCUT2D eigenvalue weighted by Crippen LogP contribution is -2.56. The van der Waals surface area contributed by atoms with Crippen LogP contribution in [0.1, 0.15) is 95.7 Å². The fourth-order valence-electron chi connectivity index (χ4n) is 7.32. The van der Waals surface area contributed by atoms with Crippen LogP contribution in [0, 0.1) is 11.3 Å². The summed E-state index contributed by atoms with van der Waals surface area (Å²) in [6, 6.07) is 5.79. The van der Waals surface area contributed by atoms with Gasteiger partial charge in [0.05, 0.1) is 12.6 Å². The van der Waals surface area contributed by atoms with Gasteiger partial charge in [-0.05, 0) is 68.6 Å². The van der Waals surface area contributed by atoms with E-state index in [1.807, 2.05) is 6.07 Å². The van der Waals surface area contributed by atoms with E-state index in [4.69, 9.17) is 31.9 Å². The van der Waals surface area contributed by atoms with E-state index in [9.17, 15) is 33.6 Å². The van der Waals surface area contributed by atoms with Crippen LogP contribution in [0.15, 0.2) is 36.4 Å². The molecule has 12 N–H and O–H groups in total. The van der Waals surface area contributed by atoms with Gasteiger partial charge in [-0.2, -0.15) is 5.26 Å². The number of rotatable bonds is 25. The summed E-state index contributed by atoms with van der Waals surface area (Å²) in [5.41, 5.74) is 19.3. The fourth-order valence-corrected chi connectivity index (χ4v) is 7.32. The van der Waals surface area contributed by atoms with Crippen molar-refractivity contribution in [2.75, 3.05) is 53.0 Å². The van der Waals surface area contributed by atoms with Gasteiger partial charge in [0.1, 0.15) is 61.5 Å². The average Bonchev–Trinajstić information content (AvgIpc) is 3.30. The molecule has 0 unspecified atom stereocenters. The smallest absolute Gasteiger partial charge is 0.248 e. The van der Waals surface area contributed by atoms with Crippen LogP contribution in [0.3, 0.4) is 0 Å². The number of nitrogens with two attached hydrogens (primary N) is 3. The number of nitriles is 1. The number of ether oxygens (including phenoxy) is 2. The lowest BCUT2D eigenvalue weighted by Gasteiger charge is -2.32. The molecule has 0 radical (unpaired) electrons. The minimum absolute atomic E-state index is 0.0146. The number of amides is 7. The first kappa shape index (κ1) is 54.0. The number of nitrogens with zero attached hydrogens (tertiary/aromatic N) is 2. The molecule has 3 rings (SSSR count). The van der Waals surface area contributed by atoms with Crippen LogP contribution < -0.4 is 58.6 Å². The lowest BCUT2D eigenvalue weighted by molar-refractivity contribution is -0.143. The molecule has 0 spiro atoms. The number of hydrogen-bond donors (Lipinski definition) is 9. The molecule has 1 heterocycles. The van der Waals surface area contributed by atoms with Crippen molar-refractivity contribution in [2.24, 2.45) is 17.2 Å². The van der Waals surface area contributed by atoms with E-state index in [0.29, 0.717) is 34.6 Å². The standard InChI is InChI=1S/C46H69N11O9/c1-5-6-7-8-9-10-11-12-39(58)53-29(2)42(60)52-28-40(59)55-35(17-18-47)46(64)57(4)41-32-14-16-38(66-24-21-50)34(27-32)33-25-31(13-15-37(33)65-23-20-49)26-36(44(62)51-22-19-48)56-43(61)30(3)54-45(41)63/h13-16,25,27,29-30,35-36,41H,5-12,17-18,20-24,26,28,47,49-50H2,1-4H3,(H,51,62)(H,52,60)(H,53,58)(H,54,63)(H,55,59)(H,56,61)/t29-,30+,35+,36+,41+/m1/s1. The maximum atomic E-state index is 14.5. The molecule has 362 valence electrons. The summed E-state index contributed by atoms with van der Waals surface area (Å²) < 4.78 is 12.1. The Hall–Kier alpha value is -6.30. The number of likely N-dealkylation sites (N-methyl/N-ethyl adjacent to an activating group) is 1. The minimum Gasteiger partial charge on any atom is -0.492 e. The van der Waals surface area contributed by atoms with Crippen molar-refractivity contribution in [3.05, 3.63) is 47.5 Å². The van der Waals surface area contributed by atoms with E-state index < -0.39 is 72.2 Å². The molecule has 66 heavy (non-hydrogen) atoms. The van der Waals surface area contributed by atoms with E-state index in [-0.39, 0.29) is 70.1 Å². The van der Waals surface area contributed by atoms with E-state index >= 15 is 0 Å². The lowest BCUT2D eigenvalue weighted by atomic mass is 9.93. The third kappa shape index (κ3) is 16.9. The summed E-state index contributed by atoms with van der Waals surface area (Å²) in [7, 11) is 1.36. The molecule has 20 heteroatoms. The van der Waals surface area contributed by atoms with E-state index in [2.05, 4.69) is 38.8 Å². The molecule has 5 atom stereocenters. The van der Waals surface area contributed by atoms with Gasteiger partial charge in [-0.1, -0.05) is 57.6 Å². The Balaban J connectivity index is 1.95. The fraction of sp³-hybridized carbons (Fsp3) is 0.565. The van der Waals surface area contributed by atoms with Crippen molar-refractivity contribution in [2.45, 2.75) is 115 Å². The first-order valence-electron chi connectivity index (χ1n) is 22.7. The Morgan fingerprint density at radius 3 is 2.11 bits per heavy atom. The van der Waals surface area contributed by atoms with Gasteiger partial charge >= 0.3 is 0 Å². The third-order valence-corrected chi connectivity index (χ3v) is 10.8. The molecule has 0 fully saturated rings. The van der Waals surface area contributed by atoms with Gasteiger partial charge in [-0.15, -0.1) is 0 Å². The summed E-state index contributed by atoms with van der Waals surface area (Å²) in [6.07, 6.45) is 7.53. The molecule has 7 amide bonds. The van der Waals surface area contributed by atoms with E-state index in [1.54, 1.807) is 36.4 Å². The Kier molecular flexibility index (Phi) is 23.4. The number of benzene rings is 2. The first-order valence-corrected chi connectivity index (χ1v) is 22.7. The average molecular weight is 920 g/mol. The molecule has 2 aromatic carbocycles. The molecule has 0 aliphatic carbocycles. The van der Waals surface area contributed by atoms with Gasteiger partial charge in [0.25, 0.3) is 0 Å². The largest absolute Gasteiger partial charge is 0.492 e. The highest BCUT2D eigenvalue weighted by atomic mass is 16.5. The summed E-state index contributed by atoms with van der Waals surface area (Å²) >= 11 is 0. The van der Waals surface area contributed by atoms with Crippen molar-refractivity contribution < 1.29 is 43.0 Å². The van der Waals surface area contributed by atoms with Gasteiger partial charge in [-0.25, -0.2) is 0 Å². The maximum Gasteiger partial charge on any atom is 0.248 e. The van der Waals surface area contributed by atoms with Crippen LogP contribution in [0.5, 0.6) is 11.5 Å². The quantitative estimate of drug-likeness (QED) is 0.0479. The van der Waals surface area contributed by atoms with Crippen LogP contribution in [0.2, 0.25) is 0 Å². The van der Waals surface area contributed by atoms with Gasteiger partial charge in [-0.3, -0.25) is 33.6 Å². The summed E-state index contributed by atoms with van der Waals surface area (Å²) in [5.74, 6) is -3.76. The van der Waals surface area contributed by atoms with Crippen molar-refractivity contribution in [3.8, 4) is 28.7 Å². The van der Waals surface area contributed by atoms with E-state index in [1.165, 1.54) is 33.7 Å². The molecule has 4 bridgehead atoms. The summed E-state index contributed by atoms with van der Waals surface area (Å²) in [6.45, 7) is 4.78. The van der Waals surface area contributed by atoms with Crippen molar-refractivity contribution in [3.63, 3.8) is 0 Å². The summed E-state index contributed by atoms with van der Waals surface area (Å²) in [5, 5.41) is 24.7. The highest BCUT2D eigenvalue weighted by Crippen LogP contribution is 2.40. The molecule has 20 nitrogen and oxygen atoms in total. The van der Waals surface area contributed by atoms with Crippen LogP contribution in [0.25, 0.3) is 11.1 Å². The van der Waals surface area contributed by atoms with Crippen LogP contribution in [0.4, 0.5) is 0 Å². The zero-order valence-electron chi connectivity index (χ0n) is 38.7. The SMILES string of the molecule is CCCCCCCCCC(=O)N[C@H](C)C(=O)NCC(=O)N[C@@H](CCN)C(=O)N(C)[C@@H]1C(=O)N[C@@H](C)C(=O)N[C@H](C(=O)NCC#N)Cc2ccc(OCCN)c(c2)-c2cc1ccc2OCCN. The number of carbonyl (C=O) groups excluding carboxylic acids is 7. The van der Waals surface area contributed by atoms with Crippen LogP contribution in [-0.2, 0) is 40.0 Å². The predicted molar refractivity (Wildman–Crippen MR) is 247 cm³/mol. The molecular formula is C46H69N11O9. The number of hydrogen-bond acceptors (Lipinski definition) is 13. The second-order valence-electron chi connectivity index (χ2n) is 16.2. The second kappa shape index (κ2) is 28.6. The highest BCUT2D eigenvalue weighted by molar-refractivity contribution is 5.97. The number of nitrogens with one attached hydrogen (secondary N) is 6. The number of unbranched alkanes of at least 4 members (excludes halogenated alkanes) is 6. The monoisotopic (exact) mass is 920 g/mol. The molecule has 0 saturated heterocycles. The number of carbonyl (C=O) groups is 7. The maximum absolute atomic E-state index is 14.5. The second-order valence-corrected chi connectivity index (χ2v) is 16.2. The van der Waals surface area contributed by atoms with Crippen LogP contribution in [-0.4, -0.2) is 123 Å². The molecule has 1 aliphatic rings. The molecule has 0 aromatic heterocycles. The van der Waals surface area contributed by atoms with Gasteiger partial charge in [0.2, 0.25) is 41.4 Å². The minimum atomic E-state index is -1.44. The van der Waals surface area contributed by atoms with Crippen molar-refractivity contribution >= 4 is 41.4 Å². The molecular weight excluding hydrogens is 851 g/mol.